The summed E-state index contributed by atoms with van der Waals surface area (Å²) in [6.07, 6.45) is -20.4. The van der Waals surface area contributed by atoms with Crippen molar-refractivity contribution >= 4 is 35.1 Å². The molecule has 0 fully saturated rings. The lowest BCUT2D eigenvalue weighted by Crippen LogP contribution is -2.45. The molecule has 2 atom stereocenters. The zero-order valence-corrected chi connectivity index (χ0v) is 31.9. The number of pyridine rings is 2. The molecule has 4 amide bonds. The van der Waals surface area contributed by atoms with E-state index >= 15 is 0 Å². The topological polar surface area (TPSA) is 132 Å². The van der Waals surface area contributed by atoms with Gasteiger partial charge in [0.15, 0.2) is 0 Å². The van der Waals surface area contributed by atoms with Gasteiger partial charge in [0.05, 0.1) is 45.7 Å². The van der Waals surface area contributed by atoms with Gasteiger partial charge in [0, 0.05) is 24.5 Å². The Morgan fingerprint density at radius 1 is 0.500 bits per heavy atom. The van der Waals surface area contributed by atoms with Crippen molar-refractivity contribution in [1.82, 2.24) is 20.6 Å². The van der Waals surface area contributed by atoms with Gasteiger partial charge in [-0.05, 0) is 72.5 Å². The van der Waals surface area contributed by atoms with Crippen LogP contribution in [-0.2, 0) is 24.7 Å². The first kappa shape index (κ1) is 46.7. The molecule has 326 valence electrons. The highest BCUT2D eigenvalue weighted by atomic mass is 19.4. The maximum atomic E-state index is 13.3. The first-order chi connectivity index (χ1) is 27.7. The minimum Gasteiger partial charge on any atom is -0.368 e. The quantitative estimate of drug-likeness (QED) is 0.0742. The molecule has 6 N–H and O–H groups in total. The Bertz CT molecular complexity index is 1910. The fraction of sp³-hybridized carbons (Fsp3) is 0.368. The van der Waals surface area contributed by atoms with Crippen molar-refractivity contribution in [2.24, 2.45) is 11.8 Å². The fourth-order valence-electron chi connectivity index (χ4n) is 5.41. The highest BCUT2D eigenvalue weighted by Gasteiger charge is 2.38. The molecule has 2 aromatic carbocycles. The van der Waals surface area contributed by atoms with Crippen LogP contribution in [0, 0.1) is 11.8 Å². The predicted molar refractivity (Wildman–Crippen MR) is 199 cm³/mol. The third-order valence-electron chi connectivity index (χ3n) is 8.70. The summed E-state index contributed by atoms with van der Waals surface area (Å²) in [5.41, 5.74) is -7.06. The van der Waals surface area contributed by atoms with E-state index in [9.17, 15) is 62.3 Å². The number of carbonyl (C=O) groups is 2. The average Bonchev–Trinajstić information content (AvgIpc) is 3.13. The van der Waals surface area contributed by atoms with Crippen LogP contribution in [0.2, 0.25) is 0 Å². The number of anilines is 4. The molecule has 2 heterocycles. The average molecular weight is 867 g/mol. The largest absolute Gasteiger partial charge is 0.416 e. The van der Waals surface area contributed by atoms with Crippen LogP contribution in [0.3, 0.4) is 0 Å². The zero-order chi connectivity index (χ0) is 44.8. The molecule has 0 aliphatic rings. The van der Waals surface area contributed by atoms with Crippen LogP contribution in [0.4, 0.5) is 85.3 Å². The molecule has 2 aromatic heterocycles. The van der Waals surface area contributed by atoms with Crippen molar-refractivity contribution in [3.63, 3.8) is 0 Å². The van der Waals surface area contributed by atoms with Gasteiger partial charge < -0.3 is 31.9 Å². The number of halogens is 12. The lowest BCUT2D eigenvalue weighted by molar-refractivity contribution is -0.144. The van der Waals surface area contributed by atoms with Crippen LogP contribution in [0.5, 0.6) is 0 Å². The summed E-state index contributed by atoms with van der Waals surface area (Å²) in [4.78, 5) is 34.5. The van der Waals surface area contributed by atoms with Gasteiger partial charge in [0.25, 0.3) is 0 Å². The Kier molecular flexibility index (Phi) is 14.4. The number of nitrogens with zero attached hydrogens (tertiary/aromatic N) is 2. The first-order valence-corrected chi connectivity index (χ1v) is 17.8. The number of nitrogens with one attached hydrogen (secondary N) is 6. The highest BCUT2D eigenvalue weighted by molar-refractivity contribution is 5.90. The molecule has 0 unspecified atom stereocenters. The molecule has 10 nitrogen and oxygen atoms in total. The molecule has 0 aliphatic heterocycles. The molecule has 0 saturated carbocycles. The van der Waals surface area contributed by atoms with E-state index in [1.165, 1.54) is 0 Å². The van der Waals surface area contributed by atoms with E-state index in [0.717, 1.165) is 0 Å². The zero-order valence-electron chi connectivity index (χ0n) is 31.9. The van der Waals surface area contributed by atoms with Gasteiger partial charge in [-0.2, -0.15) is 52.7 Å². The lowest BCUT2D eigenvalue weighted by atomic mass is 10.0. The van der Waals surface area contributed by atoms with Gasteiger partial charge in [-0.25, -0.2) is 19.6 Å². The molecular formula is C38H38F12N8O2. The van der Waals surface area contributed by atoms with E-state index in [-0.39, 0.29) is 37.1 Å². The van der Waals surface area contributed by atoms with E-state index in [1.54, 1.807) is 64.1 Å². The summed E-state index contributed by atoms with van der Waals surface area (Å²) in [5.74, 6) is 0.0696. The molecule has 0 bridgehead atoms. The molecule has 0 radical (unpaired) electrons. The van der Waals surface area contributed by atoms with Crippen LogP contribution in [0.1, 0.15) is 49.9 Å². The summed E-state index contributed by atoms with van der Waals surface area (Å²) >= 11 is 0. The number of benzene rings is 2. The van der Waals surface area contributed by atoms with Crippen molar-refractivity contribution in [1.29, 1.82) is 0 Å². The van der Waals surface area contributed by atoms with Gasteiger partial charge in [-0.1, -0.05) is 39.8 Å². The van der Waals surface area contributed by atoms with Crippen molar-refractivity contribution in [3.05, 3.63) is 95.1 Å². The molecule has 0 aliphatic carbocycles. The number of hydrogen-bond donors (Lipinski definition) is 6. The molecule has 22 heteroatoms. The number of carbonyl (C=O) groups excluding carboxylic acids is 2. The van der Waals surface area contributed by atoms with E-state index in [4.69, 9.17) is 0 Å². The number of amides is 4. The fourth-order valence-corrected chi connectivity index (χ4v) is 5.41. The molecule has 4 rings (SSSR count). The van der Waals surface area contributed by atoms with Crippen LogP contribution in [0.15, 0.2) is 72.8 Å². The molecule has 4 aromatic rings. The summed E-state index contributed by atoms with van der Waals surface area (Å²) < 4.78 is 159. The van der Waals surface area contributed by atoms with Gasteiger partial charge in [-0.3, -0.25) is 0 Å². The molecule has 0 saturated heterocycles. The number of alkyl halides is 12. The highest BCUT2D eigenvalue weighted by Crippen LogP contribution is 2.39. The van der Waals surface area contributed by atoms with Crippen LogP contribution in [-0.4, -0.2) is 47.2 Å². The normalized spacial score (nSPS) is 13.4. The van der Waals surface area contributed by atoms with Gasteiger partial charge in [-0.15, -0.1) is 0 Å². The summed E-state index contributed by atoms with van der Waals surface area (Å²) in [6.45, 7) is 6.95. The Balaban J connectivity index is 1.39. The smallest absolute Gasteiger partial charge is 0.368 e. The van der Waals surface area contributed by atoms with E-state index in [0.29, 0.717) is 47.3 Å². The summed E-state index contributed by atoms with van der Waals surface area (Å²) in [5, 5.41) is 15.2. The predicted octanol–water partition coefficient (Wildman–Crippen LogP) is 10.7. The Labute approximate surface area is 334 Å². The second kappa shape index (κ2) is 18.5. The molecule has 60 heavy (non-hydrogen) atoms. The van der Waals surface area contributed by atoms with Crippen LogP contribution >= 0.6 is 0 Å². The SMILES string of the molecule is CC(C)[C@@H](CNc1cccc(-c2cccc(NC[C@@H](NC(=O)Nc3cc(C(F)(F)F)cc(C(F)(F)F)c3)C(C)C)n2)n1)NC(=O)Nc1cc(C(F)(F)F)cc(C(F)(F)F)c1. The number of rotatable bonds is 13. The van der Waals surface area contributed by atoms with Crippen molar-refractivity contribution in [3.8, 4) is 11.4 Å². The van der Waals surface area contributed by atoms with Crippen molar-refractivity contribution < 1.29 is 62.3 Å². The summed E-state index contributed by atoms with van der Waals surface area (Å²) in [7, 11) is 0. The number of aromatic nitrogens is 2. The maximum absolute atomic E-state index is 13.3. The van der Waals surface area contributed by atoms with Crippen LogP contribution in [0.25, 0.3) is 11.4 Å². The van der Waals surface area contributed by atoms with E-state index < -0.39 is 82.5 Å². The maximum Gasteiger partial charge on any atom is 0.416 e. The van der Waals surface area contributed by atoms with Gasteiger partial charge >= 0.3 is 36.8 Å². The lowest BCUT2D eigenvalue weighted by Gasteiger charge is -2.24. The van der Waals surface area contributed by atoms with Crippen LogP contribution < -0.4 is 31.9 Å². The van der Waals surface area contributed by atoms with Crippen molar-refractivity contribution in [2.75, 3.05) is 34.4 Å². The van der Waals surface area contributed by atoms with Crippen molar-refractivity contribution in [2.45, 2.75) is 64.5 Å². The third-order valence-corrected chi connectivity index (χ3v) is 8.70. The number of hydrogen-bond acceptors (Lipinski definition) is 6. The Morgan fingerprint density at radius 2 is 0.800 bits per heavy atom. The minimum absolute atomic E-state index is 0.0291. The Morgan fingerprint density at radius 3 is 1.07 bits per heavy atom. The van der Waals surface area contributed by atoms with Gasteiger partial charge in [0.2, 0.25) is 0 Å². The second-order valence-corrected chi connectivity index (χ2v) is 14.1. The molecular weight excluding hydrogens is 828 g/mol. The summed E-state index contributed by atoms with van der Waals surface area (Å²) in [6, 6.07) is 7.68. The monoisotopic (exact) mass is 866 g/mol. The second-order valence-electron chi connectivity index (χ2n) is 14.1. The number of urea groups is 2. The minimum atomic E-state index is -5.11. The van der Waals surface area contributed by atoms with E-state index in [2.05, 4.69) is 31.2 Å². The van der Waals surface area contributed by atoms with E-state index in [1.807, 2.05) is 10.6 Å². The third kappa shape index (κ3) is 13.5. The van der Waals surface area contributed by atoms with Gasteiger partial charge in [0.1, 0.15) is 11.6 Å². The Hall–Kier alpha value is -5.96. The molecule has 0 spiro atoms. The first-order valence-electron chi connectivity index (χ1n) is 17.8. The standard InChI is InChI=1S/C38H38F12N8O2/c1-19(2)29(57-33(59)53-25-13-21(35(39,40)41)11-22(14-25)36(42,43)44)17-51-31-9-5-7-27(55-31)28-8-6-10-32(56-28)52-18-30(20(3)4)58-34(60)54-26-15-23(37(45,46)47)12-24(16-26)38(48,49)50/h5-16,19-20,29-30H,17-18H2,1-4H3,(H,51,55)(H,52,56)(H2,53,57,59)(H2,54,58,60)/t29-,30-/m1/s1.